The minimum atomic E-state index is 0.382. The van der Waals surface area contributed by atoms with Gasteiger partial charge in [0.2, 0.25) is 11.8 Å². The molecule has 0 atom stereocenters. The quantitative estimate of drug-likeness (QED) is 0.679. The Labute approximate surface area is 144 Å². The van der Waals surface area contributed by atoms with Crippen LogP contribution >= 0.6 is 11.6 Å². The second-order valence-corrected chi connectivity index (χ2v) is 5.28. The number of nitrogens with zero attached hydrogens (tertiary/aromatic N) is 2. The first-order valence-corrected chi connectivity index (χ1v) is 7.57. The van der Waals surface area contributed by atoms with Crippen LogP contribution in [-0.2, 0) is 0 Å². The molecule has 1 heterocycles. The average molecular weight is 343 g/mol. The molecule has 24 heavy (non-hydrogen) atoms. The lowest BCUT2D eigenvalue weighted by molar-refractivity contribution is 0.355. The molecule has 0 spiro atoms. The maximum atomic E-state index is 6.13. The number of hydrogen-bond acceptors (Lipinski definition) is 5. The molecule has 0 saturated carbocycles. The number of methoxy groups -OCH3 is 2. The predicted octanol–water partition coefficient (Wildman–Crippen LogP) is 4.58. The van der Waals surface area contributed by atoms with Gasteiger partial charge in [0.15, 0.2) is 11.5 Å². The van der Waals surface area contributed by atoms with E-state index in [1.807, 2.05) is 42.5 Å². The van der Waals surface area contributed by atoms with Crippen molar-refractivity contribution in [1.29, 1.82) is 0 Å². The average Bonchev–Trinajstić information content (AvgIpc) is 3.08. The molecule has 5 nitrogen and oxygen atoms in total. The summed E-state index contributed by atoms with van der Waals surface area (Å²) in [5, 5.41) is 8.60. The molecule has 0 bridgehead atoms. The van der Waals surface area contributed by atoms with Crippen LogP contribution in [-0.4, -0.2) is 24.4 Å². The molecule has 122 valence electrons. The molecule has 3 aromatic rings. The number of halogens is 1. The van der Waals surface area contributed by atoms with Crippen LogP contribution in [0.25, 0.3) is 23.6 Å². The molecular formula is C18H15ClN2O3. The Morgan fingerprint density at radius 3 is 2.50 bits per heavy atom. The Balaban J connectivity index is 1.82. The molecule has 1 aromatic heterocycles. The van der Waals surface area contributed by atoms with E-state index in [1.165, 1.54) is 0 Å². The Bertz CT molecular complexity index is 874. The monoisotopic (exact) mass is 342 g/mol. The Hall–Kier alpha value is -2.79. The van der Waals surface area contributed by atoms with Crippen LogP contribution in [0.3, 0.4) is 0 Å². The first-order valence-electron chi connectivity index (χ1n) is 7.20. The van der Waals surface area contributed by atoms with Crippen molar-refractivity contribution in [1.82, 2.24) is 10.2 Å². The van der Waals surface area contributed by atoms with E-state index in [0.29, 0.717) is 33.9 Å². The van der Waals surface area contributed by atoms with Gasteiger partial charge < -0.3 is 13.9 Å². The van der Waals surface area contributed by atoms with Crippen LogP contribution in [0.2, 0.25) is 5.02 Å². The molecule has 0 saturated heterocycles. The summed E-state index contributed by atoms with van der Waals surface area (Å²) >= 11 is 6.13. The van der Waals surface area contributed by atoms with E-state index < -0.39 is 0 Å². The lowest BCUT2D eigenvalue weighted by atomic mass is 10.2. The zero-order chi connectivity index (χ0) is 16.9. The summed E-state index contributed by atoms with van der Waals surface area (Å²) in [5.41, 5.74) is 1.63. The van der Waals surface area contributed by atoms with Crippen molar-refractivity contribution in [2.75, 3.05) is 14.2 Å². The van der Waals surface area contributed by atoms with E-state index in [-0.39, 0.29) is 0 Å². The molecule has 2 aromatic carbocycles. The molecule has 0 radical (unpaired) electrons. The van der Waals surface area contributed by atoms with Crippen molar-refractivity contribution in [3.63, 3.8) is 0 Å². The van der Waals surface area contributed by atoms with Gasteiger partial charge in [-0.25, -0.2) is 0 Å². The standard InChI is InChI=1S/C18H15ClN2O3/c1-22-15-9-7-12(11-16(15)23-2)8-10-17-20-21-18(24-17)13-5-3-4-6-14(13)19/h3-11H,1-2H3/b10-8+. The molecule has 0 N–H and O–H groups in total. The predicted molar refractivity (Wildman–Crippen MR) is 93.2 cm³/mol. The molecule has 0 aliphatic rings. The van der Waals surface area contributed by atoms with E-state index in [0.717, 1.165) is 5.56 Å². The van der Waals surface area contributed by atoms with Crippen molar-refractivity contribution in [3.05, 3.63) is 58.9 Å². The summed E-state index contributed by atoms with van der Waals surface area (Å²) in [6, 6.07) is 12.9. The third kappa shape index (κ3) is 3.41. The van der Waals surface area contributed by atoms with Gasteiger partial charge in [0, 0.05) is 6.08 Å². The highest BCUT2D eigenvalue weighted by atomic mass is 35.5. The van der Waals surface area contributed by atoms with E-state index in [4.69, 9.17) is 25.5 Å². The van der Waals surface area contributed by atoms with Gasteiger partial charge in [-0.2, -0.15) is 0 Å². The third-order valence-corrected chi connectivity index (χ3v) is 3.70. The van der Waals surface area contributed by atoms with Crippen LogP contribution in [0.1, 0.15) is 11.5 Å². The van der Waals surface area contributed by atoms with Crippen molar-refractivity contribution < 1.29 is 13.9 Å². The number of hydrogen-bond donors (Lipinski definition) is 0. The third-order valence-electron chi connectivity index (χ3n) is 3.37. The summed E-state index contributed by atoms with van der Waals surface area (Å²) in [6.07, 6.45) is 3.58. The highest BCUT2D eigenvalue weighted by Crippen LogP contribution is 2.29. The molecule has 0 amide bonds. The largest absolute Gasteiger partial charge is 0.493 e. The summed E-state index contributed by atoms with van der Waals surface area (Å²) in [4.78, 5) is 0. The van der Waals surface area contributed by atoms with Gasteiger partial charge >= 0.3 is 0 Å². The normalized spacial score (nSPS) is 11.0. The number of benzene rings is 2. The topological polar surface area (TPSA) is 57.4 Å². The molecule has 0 fully saturated rings. The number of ether oxygens (including phenoxy) is 2. The number of aromatic nitrogens is 2. The van der Waals surface area contributed by atoms with Gasteiger partial charge in [-0.1, -0.05) is 29.8 Å². The van der Waals surface area contributed by atoms with Gasteiger partial charge in [-0.3, -0.25) is 0 Å². The van der Waals surface area contributed by atoms with Crippen LogP contribution in [0.4, 0.5) is 0 Å². The van der Waals surface area contributed by atoms with Crippen LogP contribution in [0, 0.1) is 0 Å². The highest BCUT2D eigenvalue weighted by molar-refractivity contribution is 6.33. The first kappa shape index (κ1) is 16.1. The Morgan fingerprint density at radius 2 is 1.75 bits per heavy atom. The fourth-order valence-corrected chi connectivity index (χ4v) is 2.39. The van der Waals surface area contributed by atoms with E-state index in [2.05, 4.69) is 10.2 Å². The SMILES string of the molecule is COc1ccc(/C=C/c2nnc(-c3ccccc3Cl)o2)cc1OC. The van der Waals surface area contributed by atoms with Gasteiger partial charge in [0.25, 0.3) is 0 Å². The minimum Gasteiger partial charge on any atom is -0.493 e. The fourth-order valence-electron chi connectivity index (χ4n) is 2.17. The van der Waals surface area contributed by atoms with Crippen LogP contribution < -0.4 is 9.47 Å². The maximum Gasteiger partial charge on any atom is 0.249 e. The second-order valence-electron chi connectivity index (χ2n) is 4.87. The summed E-state index contributed by atoms with van der Waals surface area (Å²) in [6.45, 7) is 0. The van der Waals surface area contributed by atoms with Gasteiger partial charge in [0.1, 0.15) is 0 Å². The van der Waals surface area contributed by atoms with Crippen molar-refractivity contribution in [3.8, 4) is 23.0 Å². The molecular weight excluding hydrogens is 328 g/mol. The molecule has 0 aliphatic heterocycles. The summed E-state index contributed by atoms with van der Waals surface area (Å²) in [5.74, 6) is 2.10. The second kappa shape index (κ2) is 7.19. The Kier molecular flexibility index (Phi) is 4.82. The highest BCUT2D eigenvalue weighted by Gasteiger charge is 2.10. The lowest BCUT2D eigenvalue weighted by Crippen LogP contribution is -1.90. The van der Waals surface area contributed by atoms with Crippen molar-refractivity contribution in [2.45, 2.75) is 0 Å². The molecule has 6 heteroatoms. The lowest BCUT2D eigenvalue weighted by Gasteiger charge is -2.07. The zero-order valence-electron chi connectivity index (χ0n) is 13.2. The smallest absolute Gasteiger partial charge is 0.249 e. The number of rotatable bonds is 5. The van der Waals surface area contributed by atoms with E-state index in [1.54, 1.807) is 26.4 Å². The van der Waals surface area contributed by atoms with E-state index in [9.17, 15) is 0 Å². The summed E-state index contributed by atoms with van der Waals surface area (Å²) in [7, 11) is 3.20. The minimum absolute atomic E-state index is 0.382. The molecule has 3 rings (SSSR count). The first-order chi connectivity index (χ1) is 11.7. The van der Waals surface area contributed by atoms with Crippen LogP contribution in [0.5, 0.6) is 11.5 Å². The Morgan fingerprint density at radius 1 is 0.958 bits per heavy atom. The van der Waals surface area contributed by atoms with Gasteiger partial charge in [-0.05, 0) is 35.9 Å². The van der Waals surface area contributed by atoms with Gasteiger partial charge in [0.05, 0.1) is 24.8 Å². The van der Waals surface area contributed by atoms with Gasteiger partial charge in [-0.15, -0.1) is 10.2 Å². The fraction of sp³-hybridized carbons (Fsp3) is 0.111. The molecule has 0 aliphatic carbocycles. The van der Waals surface area contributed by atoms with E-state index >= 15 is 0 Å². The van der Waals surface area contributed by atoms with Crippen molar-refractivity contribution in [2.24, 2.45) is 0 Å². The zero-order valence-corrected chi connectivity index (χ0v) is 13.9. The van der Waals surface area contributed by atoms with Crippen molar-refractivity contribution >= 4 is 23.8 Å². The molecule has 0 unspecified atom stereocenters. The summed E-state index contributed by atoms with van der Waals surface area (Å²) < 4.78 is 16.1. The maximum absolute atomic E-state index is 6.13. The van der Waals surface area contributed by atoms with Crippen LogP contribution in [0.15, 0.2) is 46.9 Å².